The molecule has 19 heavy (non-hydrogen) atoms. The fourth-order valence-corrected chi connectivity index (χ4v) is 2.07. The second-order valence-corrected chi connectivity index (χ2v) is 6.20. The number of rotatable bonds is 6. The second-order valence-electron chi connectivity index (χ2n) is 4.24. The number of aryl methyl sites for hydroxylation is 1. The summed E-state index contributed by atoms with van der Waals surface area (Å²) >= 11 is 6.07. The van der Waals surface area contributed by atoms with Crippen LogP contribution in [0.1, 0.15) is 12.5 Å². The molecule has 0 fully saturated rings. The molecule has 0 aliphatic heterocycles. The van der Waals surface area contributed by atoms with E-state index in [-0.39, 0.29) is 12.6 Å². The molecule has 1 rings (SSSR count). The van der Waals surface area contributed by atoms with Crippen molar-refractivity contribution in [3.63, 3.8) is 0 Å². The lowest BCUT2D eigenvalue weighted by atomic mass is 10.2. The van der Waals surface area contributed by atoms with Crippen LogP contribution in [0.25, 0.3) is 0 Å². The standard InChI is InChI=1S/C13H18ClNO3S/c1-9-5-4-6-11(14)12(9)15-10(2)13(16)18-7-8-19(3)17/h4-6,10,15H,7-8H2,1-3H3. The maximum Gasteiger partial charge on any atom is 0.328 e. The van der Waals surface area contributed by atoms with Crippen LogP contribution >= 0.6 is 11.6 Å². The van der Waals surface area contributed by atoms with Crippen molar-refractivity contribution in [2.45, 2.75) is 19.9 Å². The van der Waals surface area contributed by atoms with Gasteiger partial charge in [-0.3, -0.25) is 4.21 Å². The molecule has 1 aromatic rings. The number of carbonyl (C=O) groups is 1. The number of hydrogen-bond acceptors (Lipinski definition) is 4. The van der Waals surface area contributed by atoms with Crippen molar-refractivity contribution in [3.8, 4) is 0 Å². The first-order valence-corrected chi connectivity index (χ1v) is 8.00. The number of esters is 1. The van der Waals surface area contributed by atoms with Crippen LogP contribution in [0.15, 0.2) is 18.2 Å². The number of halogens is 1. The van der Waals surface area contributed by atoms with Crippen molar-refractivity contribution in [3.05, 3.63) is 28.8 Å². The van der Waals surface area contributed by atoms with Gasteiger partial charge in [0.2, 0.25) is 0 Å². The van der Waals surface area contributed by atoms with E-state index in [1.54, 1.807) is 19.2 Å². The summed E-state index contributed by atoms with van der Waals surface area (Å²) in [5, 5.41) is 3.60. The summed E-state index contributed by atoms with van der Waals surface area (Å²) in [6.45, 7) is 3.77. The van der Waals surface area contributed by atoms with E-state index in [4.69, 9.17) is 16.3 Å². The quantitative estimate of drug-likeness (QED) is 0.820. The summed E-state index contributed by atoms with van der Waals surface area (Å²) in [6, 6.07) is 5.01. The minimum atomic E-state index is -0.959. The van der Waals surface area contributed by atoms with Crippen LogP contribution in [0.5, 0.6) is 0 Å². The average molecular weight is 304 g/mol. The Hall–Kier alpha value is -1.07. The van der Waals surface area contributed by atoms with Gasteiger partial charge in [-0.25, -0.2) is 4.79 Å². The zero-order valence-electron chi connectivity index (χ0n) is 11.2. The molecule has 0 radical (unpaired) electrons. The number of carbonyl (C=O) groups excluding carboxylic acids is 1. The van der Waals surface area contributed by atoms with E-state index in [1.807, 2.05) is 19.1 Å². The lowest BCUT2D eigenvalue weighted by Crippen LogP contribution is -2.29. The van der Waals surface area contributed by atoms with Gasteiger partial charge in [-0.2, -0.15) is 0 Å². The van der Waals surface area contributed by atoms with Crippen LogP contribution < -0.4 is 5.32 Å². The van der Waals surface area contributed by atoms with Crippen molar-refractivity contribution in [2.24, 2.45) is 0 Å². The third kappa shape index (κ3) is 5.20. The number of ether oxygens (including phenoxy) is 1. The molecule has 0 aliphatic carbocycles. The van der Waals surface area contributed by atoms with Gasteiger partial charge in [-0.05, 0) is 25.5 Å². The van der Waals surface area contributed by atoms with Crippen molar-refractivity contribution in [1.82, 2.24) is 0 Å². The lowest BCUT2D eigenvalue weighted by molar-refractivity contribution is -0.143. The summed E-state index contributed by atoms with van der Waals surface area (Å²) < 4.78 is 15.9. The van der Waals surface area contributed by atoms with Crippen LogP contribution in [0, 0.1) is 6.92 Å². The van der Waals surface area contributed by atoms with Crippen LogP contribution in [-0.2, 0) is 20.3 Å². The zero-order valence-corrected chi connectivity index (χ0v) is 12.8. The Kier molecular flexibility index (Phi) is 6.31. The molecule has 1 aromatic carbocycles. The summed E-state index contributed by atoms with van der Waals surface area (Å²) in [7, 11) is -0.959. The Labute approximate surface area is 120 Å². The maximum absolute atomic E-state index is 11.7. The van der Waals surface area contributed by atoms with Gasteiger partial charge in [0, 0.05) is 17.1 Å². The zero-order chi connectivity index (χ0) is 14.4. The minimum Gasteiger partial charge on any atom is -0.463 e. The molecule has 2 unspecified atom stereocenters. The normalized spacial score (nSPS) is 13.7. The minimum absolute atomic E-state index is 0.162. The molecule has 0 aliphatic rings. The number of para-hydroxylation sites is 1. The van der Waals surface area contributed by atoms with Gasteiger partial charge in [-0.1, -0.05) is 23.7 Å². The molecule has 6 heteroatoms. The summed E-state index contributed by atoms with van der Waals surface area (Å²) in [6.07, 6.45) is 1.57. The topological polar surface area (TPSA) is 55.4 Å². The van der Waals surface area contributed by atoms with Gasteiger partial charge in [-0.15, -0.1) is 0 Å². The Morgan fingerprint density at radius 3 is 2.79 bits per heavy atom. The first-order valence-electron chi connectivity index (χ1n) is 5.90. The SMILES string of the molecule is Cc1cccc(Cl)c1NC(C)C(=O)OCCS(C)=O. The third-order valence-electron chi connectivity index (χ3n) is 2.55. The summed E-state index contributed by atoms with van der Waals surface area (Å²) in [4.78, 5) is 11.7. The molecular formula is C13H18ClNO3S. The fraction of sp³-hybridized carbons (Fsp3) is 0.462. The van der Waals surface area contributed by atoms with Gasteiger partial charge in [0.25, 0.3) is 0 Å². The van der Waals surface area contributed by atoms with Crippen LogP contribution in [0.4, 0.5) is 5.69 Å². The van der Waals surface area contributed by atoms with Gasteiger partial charge >= 0.3 is 5.97 Å². The van der Waals surface area contributed by atoms with E-state index in [9.17, 15) is 9.00 Å². The molecule has 0 heterocycles. The van der Waals surface area contributed by atoms with Gasteiger partial charge in [0.15, 0.2) is 0 Å². The van der Waals surface area contributed by atoms with Crippen LogP contribution in [0.2, 0.25) is 5.02 Å². The van der Waals surface area contributed by atoms with E-state index >= 15 is 0 Å². The predicted molar refractivity (Wildman–Crippen MR) is 79.2 cm³/mol. The molecule has 106 valence electrons. The highest BCUT2D eigenvalue weighted by Crippen LogP contribution is 2.25. The van der Waals surface area contributed by atoms with E-state index in [1.165, 1.54) is 0 Å². The number of hydrogen-bond donors (Lipinski definition) is 1. The van der Waals surface area contributed by atoms with E-state index < -0.39 is 16.8 Å². The smallest absolute Gasteiger partial charge is 0.328 e. The van der Waals surface area contributed by atoms with Crippen molar-refractivity contribution >= 4 is 34.1 Å². The Morgan fingerprint density at radius 2 is 2.21 bits per heavy atom. The molecule has 0 spiro atoms. The third-order valence-corrected chi connectivity index (χ3v) is 3.61. The molecule has 0 saturated heterocycles. The second kappa shape index (κ2) is 7.50. The summed E-state index contributed by atoms with van der Waals surface area (Å²) in [5.41, 5.74) is 1.69. The molecule has 0 saturated carbocycles. The molecule has 1 N–H and O–H groups in total. The highest BCUT2D eigenvalue weighted by atomic mass is 35.5. The summed E-state index contributed by atoms with van der Waals surface area (Å²) in [5.74, 6) is -0.0337. The van der Waals surface area contributed by atoms with E-state index in [2.05, 4.69) is 5.32 Å². The molecular weight excluding hydrogens is 286 g/mol. The fourth-order valence-electron chi connectivity index (χ4n) is 1.47. The molecule has 0 amide bonds. The van der Waals surface area contributed by atoms with E-state index in [0.29, 0.717) is 10.8 Å². The Balaban J connectivity index is 2.56. The van der Waals surface area contributed by atoms with E-state index in [0.717, 1.165) is 11.3 Å². The monoisotopic (exact) mass is 303 g/mol. The number of anilines is 1. The van der Waals surface area contributed by atoms with Gasteiger partial charge in [0.05, 0.1) is 16.5 Å². The van der Waals surface area contributed by atoms with Gasteiger partial charge in [0.1, 0.15) is 12.6 Å². The lowest BCUT2D eigenvalue weighted by Gasteiger charge is -2.17. The maximum atomic E-state index is 11.7. The number of nitrogens with one attached hydrogen (secondary N) is 1. The average Bonchev–Trinajstić information content (AvgIpc) is 2.33. The molecule has 0 bridgehead atoms. The first kappa shape index (κ1) is 16.0. The first-order chi connectivity index (χ1) is 8.91. The molecule has 0 aromatic heterocycles. The highest BCUT2D eigenvalue weighted by Gasteiger charge is 2.16. The number of benzene rings is 1. The van der Waals surface area contributed by atoms with Crippen molar-refractivity contribution in [2.75, 3.05) is 23.9 Å². The largest absolute Gasteiger partial charge is 0.463 e. The highest BCUT2D eigenvalue weighted by molar-refractivity contribution is 7.84. The van der Waals surface area contributed by atoms with Crippen LogP contribution in [-0.4, -0.2) is 34.8 Å². The van der Waals surface area contributed by atoms with Crippen LogP contribution in [0.3, 0.4) is 0 Å². The Bertz CT molecular complexity index is 459. The molecule has 2 atom stereocenters. The molecule has 4 nitrogen and oxygen atoms in total. The van der Waals surface area contributed by atoms with Gasteiger partial charge < -0.3 is 10.1 Å². The Morgan fingerprint density at radius 1 is 1.53 bits per heavy atom. The van der Waals surface area contributed by atoms with Crippen molar-refractivity contribution in [1.29, 1.82) is 0 Å². The predicted octanol–water partition coefficient (Wildman–Crippen LogP) is 2.37. The van der Waals surface area contributed by atoms with Crippen molar-refractivity contribution < 1.29 is 13.7 Å².